The number of nitrogen functional groups attached to an aromatic ring is 1. The van der Waals surface area contributed by atoms with Gasteiger partial charge in [-0.15, -0.1) is 0 Å². The molecule has 0 aliphatic heterocycles. The molecule has 0 saturated carbocycles. The molecule has 1 aromatic heterocycles. The van der Waals surface area contributed by atoms with Gasteiger partial charge in [-0.05, 0) is 6.07 Å². The lowest BCUT2D eigenvalue weighted by Crippen LogP contribution is -2.32. The first kappa shape index (κ1) is 11.6. The summed E-state index contributed by atoms with van der Waals surface area (Å²) in [6.07, 6.45) is 0.458. The predicted molar refractivity (Wildman–Crippen MR) is 49.6 cm³/mol. The van der Waals surface area contributed by atoms with E-state index < -0.39 is 31.2 Å². The first-order chi connectivity index (χ1) is 6.94. The monoisotopic (exact) mass is 219 g/mol. The molecule has 1 rings (SSSR count). The predicted octanol–water partition coefficient (Wildman–Crippen LogP) is -0.157. The Morgan fingerprint density at radius 2 is 2.27 bits per heavy atom. The van der Waals surface area contributed by atoms with Crippen LogP contribution in [0.3, 0.4) is 0 Å². The van der Waals surface area contributed by atoms with E-state index in [-0.39, 0.29) is 5.82 Å². The number of aromatic nitrogens is 2. The average Bonchev–Trinajstić information content (AvgIpc) is 2.09. The largest absolute Gasteiger partial charge is 0.396 e. The number of rotatable bonds is 4. The summed E-state index contributed by atoms with van der Waals surface area (Å²) >= 11 is 0. The molecule has 0 unspecified atom stereocenters. The van der Waals surface area contributed by atoms with Crippen LogP contribution in [0, 0.1) is 0 Å². The first-order valence-corrected chi connectivity index (χ1v) is 4.26. The van der Waals surface area contributed by atoms with Gasteiger partial charge in [0.25, 0.3) is 5.92 Å². The molecule has 0 amide bonds. The van der Waals surface area contributed by atoms with Gasteiger partial charge < -0.3 is 10.8 Å². The zero-order valence-electron chi connectivity index (χ0n) is 7.86. The summed E-state index contributed by atoms with van der Waals surface area (Å²) in [6.45, 7) is -1.44. The summed E-state index contributed by atoms with van der Waals surface area (Å²) in [7, 11) is 0. The van der Waals surface area contributed by atoms with Gasteiger partial charge in [-0.3, -0.25) is 4.57 Å². The number of nitrogens with zero attached hydrogens (tertiary/aromatic N) is 2. The molecule has 0 aliphatic carbocycles. The van der Waals surface area contributed by atoms with E-state index in [1.54, 1.807) is 0 Å². The van der Waals surface area contributed by atoms with Crippen LogP contribution in [0.5, 0.6) is 0 Å². The minimum Gasteiger partial charge on any atom is -0.396 e. The van der Waals surface area contributed by atoms with Gasteiger partial charge >= 0.3 is 5.69 Å². The average molecular weight is 219 g/mol. The normalized spacial score (nSPS) is 11.7. The van der Waals surface area contributed by atoms with Gasteiger partial charge in [0.1, 0.15) is 5.82 Å². The lowest BCUT2D eigenvalue weighted by molar-refractivity contribution is -0.0375. The highest BCUT2D eigenvalue weighted by atomic mass is 19.3. The van der Waals surface area contributed by atoms with E-state index in [1.165, 1.54) is 6.07 Å². The summed E-state index contributed by atoms with van der Waals surface area (Å²) in [5, 5.41) is 8.39. The Morgan fingerprint density at radius 3 is 2.80 bits per heavy atom. The van der Waals surface area contributed by atoms with Gasteiger partial charge in [0.2, 0.25) is 0 Å². The molecule has 1 heterocycles. The van der Waals surface area contributed by atoms with E-state index in [1.807, 2.05) is 0 Å². The van der Waals surface area contributed by atoms with E-state index >= 15 is 0 Å². The van der Waals surface area contributed by atoms with Crippen LogP contribution in [0.1, 0.15) is 6.42 Å². The van der Waals surface area contributed by atoms with Gasteiger partial charge in [0, 0.05) is 19.2 Å². The Hall–Kier alpha value is -1.50. The van der Waals surface area contributed by atoms with Crippen LogP contribution in [0.25, 0.3) is 0 Å². The number of hydrogen-bond donors (Lipinski definition) is 2. The van der Waals surface area contributed by atoms with Crippen molar-refractivity contribution in [3.05, 3.63) is 22.7 Å². The standard InChI is InChI=1S/C8H11F2N3O2/c9-8(10,2-4-14)5-13-3-1-6(11)12-7(13)15/h1,3,14H,2,4-5H2,(H2,11,12,15). The van der Waals surface area contributed by atoms with E-state index in [0.717, 1.165) is 10.8 Å². The smallest absolute Gasteiger partial charge is 0.349 e. The SMILES string of the molecule is Nc1ccn(CC(F)(F)CCO)c(=O)n1. The number of alkyl halides is 2. The third-order valence-electron chi connectivity index (χ3n) is 1.77. The fraction of sp³-hybridized carbons (Fsp3) is 0.500. The molecule has 84 valence electrons. The molecule has 0 aliphatic rings. The second-order valence-electron chi connectivity index (χ2n) is 3.09. The van der Waals surface area contributed by atoms with Gasteiger partial charge in [-0.2, -0.15) is 4.98 Å². The van der Waals surface area contributed by atoms with Crippen LogP contribution < -0.4 is 11.4 Å². The molecule has 7 heteroatoms. The molecule has 0 fully saturated rings. The summed E-state index contributed by atoms with van der Waals surface area (Å²) in [5.41, 5.74) is 4.37. The van der Waals surface area contributed by atoms with Crippen LogP contribution >= 0.6 is 0 Å². The van der Waals surface area contributed by atoms with Crippen LogP contribution in [0.2, 0.25) is 0 Å². The van der Waals surface area contributed by atoms with Gasteiger partial charge in [0.05, 0.1) is 6.54 Å². The number of nitrogens with two attached hydrogens (primary N) is 1. The Bertz CT molecular complexity index is 392. The summed E-state index contributed by atoms with van der Waals surface area (Å²) in [6, 6.07) is 1.26. The van der Waals surface area contributed by atoms with Crippen LogP contribution in [0.15, 0.2) is 17.1 Å². The van der Waals surface area contributed by atoms with E-state index in [4.69, 9.17) is 10.8 Å². The lowest BCUT2D eigenvalue weighted by atomic mass is 10.2. The number of aliphatic hydroxyl groups excluding tert-OH is 1. The quantitative estimate of drug-likeness (QED) is 0.737. The molecule has 0 spiro atoms. The third kappa shape index (κ3) is 3.28. The highest BCUT2D eigenvalue weighted by Gasteiger charge is 2.29. The van der Waals surface area contributed by atoms with Crippen molar-refractivity contribution in [1.29, 1.82) is 0 Å². The van der Waals surface area contributed by atoms with Gasteiger partial charge in [-0.25, -0.2) is 13.6 Å². The second kappa shape index (κ2) is 4.35. The second-order valence-corrected chi connectivity index (χ2v) is 3.09. The van der Waals surface area contributed by atoms with Crippen LogP contribution in [-0.4, -0.2) is 27.2 Å². The maximum absolute atomic E-state index is 13.0. The molecule has 0 bridgehead atoms. The number of halogens is 2. The molecule has 3 N–H and O–H groups in total. The van der Waals surface area contributed by atoms with E-state index in [9.17, 15) is 13.6 Å². The van der Waals surface area contributed by atoms with Crippen molar-refractivity contribution < 1.29 is 13.9 Å². The van der Waals surface area contributed by atoms with Gasteiger partial charge in [-0.1, -0.05) is 0 Å². The Morgan fingerprint density at radius 1 is 1.60 bits per heavy atom. The molecule has 0 saturated heterocycles. The van der Waals surface area contributed by atoms with E-state index in [2.05, 4.69) is 4.98 Å². The van der Waals surface area contributed by atoms with Crippen molar-refractivity contribution in [3.8, 4) is 0 Å². The molecule has 15 heavy (non-hydrogen) atoms. The van der Waals surface area contributed by atoms with Crippen molar-refractivity contribution in [2.75, 3.05) is 12.3 Å². The first-order valence-electron chi connectivity index (χ1n) is 4.26. The molecular weight excluding hydrogens is 208 g/mol. The lowest BCUT2D eigenvalue weighted by Gasteiger charge is -2.15. The van der Waals surface area contributed by atoms with Gasteiger partial charge in [0.15, 0.2) is 0 Å². The Balaban J connectivity index is 2.85. The summed E-state index contributed by atoms with van der Waals surface area (Å²) in [5.74, 6) is -3.14. The zero-order valence-corrected chi connectivity index (χ0v) is 7.86. The molecule has 0 atom stereocenters. The third-order valence-corrected chi connectivity index (χ3v) is 1.77. The Labute approximate surface area is 84.2 Å². The number of anilines is 1. The van der Waals surface area contributed by atoms with Crippen LogP contribution in [0.4, 0.5) is 14.6 Å². The fourth-order valence-electron chi connectivity index (χ4n) is 1.05. The highest BCUT2D eigenvalue weighted by molar-refractivity contribution is 5.23. The molecular formula is C8H11F2N3O2. The fourth-order valence-corrected chi connectivity index (χ4v) is 1.05. The zero-order chi connectivity index (χ0) is 11.5. The topological polar surface area (TPSA) is 81.1 Å². The maximum atomic E-state index is 13.0. The Kier molecular flexibility index (Phi) is 3.35. The molecule has 0 aromatic carbocycles. The number of hydrogen-bond acceptors (Lipinski definition) is 4. The summed E-state index contributed by atoms with van der Waals surface area (Å²) < 4.78 is 26.8. The minimum atomic E-state index is -3.13. The van der Waals surface area contributed by atoms with E-state index in [0.29, 0.717) is 0 Å². The summed E-state index contributed by atoms with van der Waals surface area (Å²) in [4.78, 5) is 14.4. The van der Waals surface area contributed by atoms with Crippen molar-refractivity contribution >= 4 is 5.82 Å². The van der Waals surface area contributed by atoms with Crippen molar-refractivity contribution in [2.45, 2.75) is 18.9 Å². The van der Waals surface area contributed by atoms with Crippen molar-refractivity contribution in [1.82, 2.24) is 9.55 Å². The number of aliphatic hydroxyl groups is 1. The van der Waals surface area contributed by atoms with Crippen molar-refractivity contribution in [3.63, 3.8) is 0 Å². The van der Waals surface area contributed by atoms with Crippen molar-refractivity contribution in [2.24, 2.45) is 0 Å². The minimum absolute atomic E-state index is 0.0123. The molecule has 0 radical (unpaired) electrons. The molecule has 5 nitrogen and oxygen atoms in total. The maximum Gasteiger partial charge on any atom is 0.349 e. The highest BCUT2D eigenvalue weighted by Crippen LogP contribution is 2.19. The molecule has 1 aromatic rings. The van der Waals surface area contributed by atoms with Crippen LogP contribution in [-0.2, 0) is 6.54 Å².